The quantitative estimate of drug-likeness (QED) is 0.308. The molecule has 0 unspecified atom stereocenters. The largest absolute Gasteiger partial charge is 0.490 e. The van der Waals surface area contributed by atoms with Crippen LogP contribution in [0.2, 0.25) is 0 Å². The molecular weight excluding hydrogens is 438 g/mol. The van der Waals surface area contributed by atoms with Crippen molar-refractivity contribution in [3.05, 3.63) is 89.1 Å². The SMILES string of the molecule is CCOc1cc(/C=C2/N=C(c3ccc4c(c3)OCO4)OC2=O)ccc1OC(=O)c1ccccc1. The van der Waals surface area contributed by atoms with E-state index in [-0.39, 0.29) is 24.1 Å². The summed E-state index contributed by atoms with van der Waals surface area (Å²) in [5.41, 5.74) is 1.78. The Hall–Kier alpha value is -4.59. The van der Waals surface area contributed by atoms with Gasteiger partial charge in [0.15, 0.2) is 28.7 Å². The first-order valence-electron chi connectivity index (χ1n) is 10.6. The summed E-state index contributed by atoms with van der Waals surface area (Å²) in [5, 5.41) is 0. The second kappa shape index (κ2) is 9.11. The van der Waals surface area contributed by atoms with E-state index in [9.17, 15) is 9.59 Å². The lowest BCUT2D eigenvalue weighted by Crippen LogP contribution is -2.09. The molecule has 2 heterocycles. The minimum Gasteiger partial charge on any atom is -0.490 e. The Kier molecular flexibility index (Phi) is 5.70. The van der Waals surface area contributed by atoms with Crippen LogP contribution in [0.3, 0.4) is 0 Å². The minimum absolute atomic E-state index is 0.129. The van der Waals surface area contributed by atoms with Crippen LogP contribution in [-0.2, 0) is 9.53 Å². The van der Waals surface area contributed by atoms with Gasteiger partial charge in [-0.3, -0.25) is 0 Å². The van der Waals surface area contributed by atoms with Crippen molar-refractivity contribution in [3.8, 4) is 23.0 Å². The molecule has 0 aliphatic carbocycles. The molecule has 0 amide bonds. The highest BCUT2D eigenvalue weighted by molar-refractivity contribution is 6.13. The summed E-state index contributed by atoms with van der Waals surface area (Å²) < 4.78 is 27.2. The van der Waals surface area contributed by atoms with Gasteiger partial charge in [0, 0.05) is 5.56 Å². The highest BCUT2D eigenvalue weighted by atomic mass is 16.7. The van der Waals surface area contributed by atoms with Crippen molar-refractivity contribution in [3.63, 3.8) is 0 Å². The number of cyclic esters (lactones) is 1. The van der Waals surface area contributed by atoms with Crippen LogP contribution in [0, 0.1) is 0 Å². The molecule has 8 heteroatoms. The van der Waals surface area contributed by atoms with Gasteiger partial charge in [-0.2, -0.15) is 0 Å². The maximum absolute atomic E-state index is 12.4. The molecule has 0 aromatic heterocycles. The van der Waals surface area contributed by atoms with Gasteiger partial charge in [0.05, 0.1) is 12.2 Å². The summed E-state index contributed by atoms with van der Waals surface area (Å²) in [6, 6.07) is 18.8. The van der Waals surface area contributed by atoms with Gasteiger partial charge >= 0.3 is 11.9 Å². The van der Waals surface area contributed by atoms with E-state index in [1.807, 2.05) is 13.0 Å². The van der Waals surface area contributed by atoms with Gasteiger partial charge in [-0.05, 0) is 61.0 Å². The lowest BCUT2D eigenvalue weighted by atomic mass is 10.1. The molecule has 3 aromatic rings. The molecular formula is C26H19NO7. The third-order valence-corrected chi connectivity index (χ3v) is 5.02. The highest BCUT2D eigenvalue weighted by Gasteiger charge is 2.26. The number of carbonyl (C=O) groups is 2. The van der Waals surface area contributed by atoms with E-state index < -0.39 is 11.9 Å². The molecule has 0 radical (unpaired) electrons. The van der Waals surface area contributed by atoms with Crippen LogP contribution < -0.4 is 18.9 Å². The Balaban J connectivity index is 1.40. The first-order valence-corrected chi connectivity index (χ1v) is 10.6. The predicted octanol–water partition coefficient (Wildman–Crippen LogP) is 4.38. The predicted molar refractivity (Wildman–Crippen MR) is 122 cm³/mol. The van der Waals surface area contributed by atoms with E-state index in [0.29, 0.717) is 40.5 Å². The first-order chi connectivity index (χ1) is 16.6. The van der Waals surface area contributed by atoms with Crippen molar-refractivity contribution in [2.45, 2.75) is 6.92 Å². The standard InChI is InChI=1S/C26H19NO7/c1-2-30-22-13-16(8-10-21(22)33-25(28)17-6-4-3-5-7-17)12-19-26(29)34-24(27-19)18-9-11-20-23(14-18)32-15-31-20/h3-14H,2,15H2,1H3/b19-12+. The number of hydrogen-bond donors (Lipinski definition) is 0. The van der Waals surface area contributed by atoms with Crippen molar-refractivity contribution < 1.29 is 33.3 Å². The molecule has 8 nitrogen and oxygen atoms in total. The third kappa shape index (κ3) is 4.33. The van der Waals surface area contributed by atoms with Crippen LogP contribution in [0.15, 0.2) is 77.4 Å². The van der Waals surface area contributed by atoms with Crippen molar-refractivity contribution >= 4 is 23.9 Å². The molecule has 2 aliphatic rings. The van der Waals surface area contributed by atoms with Gasteiger partial charge < -0.3 is 23.7 Å². The van der Waals surface area contributed by atoms with Crippen molar-refractivity contribution in [1.29, 1.82) is 0 Å². The topological polar surface area (TPSA) is 92.7 Å². The van der Waals surface area contributed by atoms with Gasteiger partial charge in [0.25, 0.3) is 0 Å². The zero-order valence-electron chi connectivity index (χ0n) is 18.1. The first kappa shape index (κ1) is 21.3. The molecule has 2 aliphatic heterocycles. The molecule has 0 saturated heterocycles. The fourth-order valence-electron chi connectivity index (χ4n) is 3.42. The van der Waals surface area contributed by atoms with Gasteiger partial charge in [-0.1, -0.05) is 24.3 Å². The molecule has 0 fully saturated rings. The van der Waals surface area contributed by atoms with E-state index in [0.717, 1.165) is 0 Å². The second-order valence-electron chi connectivity index (χ2n) is 7.30. The summed E-state index contributed by atoms with van der Waals surface area (Å²) in [5.74, 6) is 0.934. The average Bonchev–Trinajstić information content (AvgIpc) is 3.47. The van der Waals surface area contributed by atoms with Gasteiger partial charge in [-0.25, -0.2) is 14.6 Å². The summed E-state index contributed by atoms with van der Waals surface area (Å²) >= 11 is 0. The smallest absolute Gasteiger partial charge is 0.363 e. The second-order valence-corrected chi connectivity index (χ2v) is 7.30. The third-order valence-electron chi connectivity index (χ3n) is 5.02. The Morgan fingerprint density at radius 1 is 1.00 bits per heavy atom. The Bertz CT molecular complexity index is 1330. The number of rotatable bonds is 6. The van der Waals surface area contributed by atoms with E-state index in [4.69, 9.17) is 23.7 Å². The van der Waals surface area contributed by atoms with Crippen LogP contribution in [-0.4, -0.2) is 31.2 Å². The number of esters is 2. The van der Waals surface area contributed by atoms with Crippen molar-refractivity contribution in [2.75, 3.05) is 13.4 Å². The average molecular weight is 457 g/mol. The zero-order valence-corrected chi connectivity index (χ0v) is 18.1. The molecule has 0 atom stereocenters. The Morgan fingerprint density at radius 2 is 1.82 bits per heavy atom. The van der Waals surface area contributed by atoms with E-state index in [1.54, 1.807) is 66.7 Å². The Morgan fingerprint density at radius 3 is 2.65 bits per heavy atom. The van der Waals surface area contributed by atoms with Crippen LogP contribution >= 0.6 is 0 Å². The fourth-order valence-corrected chi connectivity index (χ4v) is 3.42. The molecule has 170 valence electrons. The molecule has 5 rings (SSSR count). The molecule has 0 saturated carbocycles. The molecule has 0 bridgehead atoms. The van der Waals surface area contributed by atoms with E-state index >= 15 is 0 Å². The number of hydrogen-bond acceptors (Lipinski definition) is 8. The number of nitrogens with zero attached hydrogens (tertiary/aromatic N) is 1. The van der Waals surface area contributed by atoms with Crippen LogP contribution in [0.25, 0.3) is 6.08 Å². The summed E-state index contributed by atoms with van der Waals surface area (Å²) in [4.78, 5) is 29.2. The van der Waals surface area contributed by atoms with E-state index in [1.165, 1.54) is 0 Å². The number of ether oxygens (including phenoxy) is 5. The molecule has 3 aromatic carbocycles. The number of benzene rings is 3. The highest BCUT2D eigenvalue weighted by Crippen LogP contribution is 2.34. The summed E-state index contributed by atoms with van der Waals surface area (Å²) in [6.45, 7) is 2.34. The number of aliphatic imine (C=N–C) groups is 1. The van der Waals surface area contributed by atoms with Gasteiger partial charge in [-0.15, -0.1) is 0 Å². The lowest BCUT2D eigenvalue weighted by molar-refractivity contribution is -0.129. The minimum atomic E-state index is -0.579. The zero-order chi connectivity index (χ0) is 23.5. The van der Waals surface area contributed by atoms with Crippen molar-refractivity contribution in [1.82, 2.24) is 0 Å². The Labute approximate surface area is 195 Å². The van der Waals surface area contributed by atoms with Crippen LogP contribution in [0.1, 0.15) is 28.4 Å². The summed E-state index contributed by atoms with van der Waals surface area (Å²) in [6.07, 6.45) is 1.58. The maximum Gasteiger partial charge on any atom is 0.363 e. The normalized spacial score (nSPS) is 15.1. The van der Waals surface area contributed by atoms with Crippen molar-refractivity contribution in [2.24, 2.45) is 4.99 Å². The molecule has 34 heavy (non-hydrogen) atoms. The molecule has 0 spiro atoms. The molecule has 0 N–H and O–H groups in total. The van der Waals surface area contributed by atoms with E-state index in [2.05, 4.69) is 4.99 Å². The van der Waals surface area contributed by atoms with Crippen LogP contribution in [0.4, 0.5) is 0 Å². The van der Waals surface area contributed by atoms with Crippen LogP contribution in [0.5, 0.6) is 23.0 Å². The lowest BCUT2D eigenvalue weighted by Gasteiger charge is -2.11. The number of carbonyl (C=O) groups excluding carboxylic acids is 2. The maximum atomic E-state index is 12.4. The monoisotopic (exact) mass is 457 g/mol. The summed E-state index contributed by atoms with van der Waals surface area (Å²) in [7, 11) is 0. The number of fused-ring (bicyclic) bond motifs is 1. The van der Waals surface area contributed by atoms with Gasteiger partial charge in [0.2, 0.25) is 12.7 Å². The fraction of sp³-hybridized carbons (Fsp3) is 0.115. The van der Waals surface area contributed by atoms with Gasteiger partial charge in [0.1, 0.15) is 0 Å².